The van der Waals surface area contributed by atoms with Crippen molar-refractivity contribution in [1.29, 1.82) is 0 Å². The average Bonchev–Trinajstić information content (AvgIpc) is 2.11. The molecule has 0 amide bonds. The molecule has 0 saturated carbocycles. The molecule has 0 heterocycles. The van der Waals surface area contributed by atoms with Crippen LogP contribution in [-0.2, 0) is 13.6 Å². The molecule has 86 valence electrons. The van der Waals surface area contributed by atoms with Crippen molar-refractivity contribution in [3.8, 4) is 0 Å². The summed E-state index contributed by atoms with van der Waals surface area (Å²) < 4.78 is 21.9. The Hall–Kier alpha value is 0.400. The van der Waals surface area contributed by atoms with Gasteiger partial charge in [0.25, 0.3) is 0 Å². The quantitative estimate of drug-likeness (QED) is 0.405. The molecule has 0 saturated heterocycles. The summed E-state index contributed by atoms with van der Waals surface area (Å²) in [5.41, 5.74) is -0.135. The standard InChI is InChI=1S/C8H18ClO4P/c1-8(2)13-14(11,7-9)12-6-4-3-5-10/h8,10H,3-7H2,1-2H3. The summed E-state index contributed by atoms with van der Waals surface area (Å²) in [4.78, 5) is 0. The molecule has 0 aromatic carbocycles. The van der Waals surface area contributed by atoms with Crippen LogP contribution in [0.25, 0.3) is 0 Å². The zero-order valence-electron chi connectivity index (χ0n) is 8.61. The number of hydrogen-bond acceptors (Lipinski definition) is 4. The van der Waals surface area contributed by atoms with Gasteiger partial charge in [-0.25, -0.2) is 0 Å². The van der Waals surface area contributed by atoms with E-state index in [4.69, 9.17) is 25.8 Å². The van der Waals surface area contributed by atoms with Crippen molar-refractivity contribution in [3.63, 3.8) is 0 Å². The Morgan fingerprint density at radius 2 is 2.07 bits per heavy atom. The summed E-state index contributed by atoms with van der Waals surface area (Å²) in [5, 5.41) is 8.52. The molecule has 0 rings (SSSR count). The summed E-state index contributed by atoms with van der Waals surface area (Å²) in [6.45, 7) is 3.96. The Bertz CT molecular complexity index is 186. The predicted molar refractivity (Wildman–Crippen MR) is 56.8 cm³/mol. The van der Waals surface area contributed by atoms with Crippen LogP contribution in [0.1, 0.15) is 26.7 Å². The Labute approximate surface area is 90.1 Å². The second kappa shape index (κ2) is 7.66. The monoisotopic (exact) mass is 244 g/mol. The van der Waals surface area contributed by atoms with Gasteiger partial charge in [0.05, 0.1) is 12.7 Å². The number of rotatable bonds is 8. The average molecular weight is 245 g/mol. The van der Waals surface area contributed by atoms with Crippen LogP contribution in [0.3, 0.4) is 0 Å². The second-order valence-corrected chi connectivity index (χ2v) is 5.80. The number of hydrogen-bond donors (Lipinski definition) is 1. The fourth-order valence-electron chi connectivity index (χ4n) is 0.832. The first-order valence-corrected chi connectivity index (χ1v) is 6.89. The number of aliphatic hydroxyl groups excluding tert-OH is 1. The van der Waals surface area contributed by atoms with Crippen molar-refractivity contribution in [1.82, 2.24) is 0 Å². The van der Waals surface area contributed by atoms with Crippen LogP contribution in [0.4, 0.5) is 0 Å². The highest BCUT2D eigenvalue weighted by Gasteiger charge is 2.24. The molecule has 0 fully saturated rings. The zero-order chi connectivity index (χ0) is 11.0. The molecule has 0 spiro atoms. The van der Waals surface area contributed by atoms with E-state index in [1.165, 1.54) is 0 Å². The number of unbranched alkanes of at least 4 members (excludes halogenated alkanes) is 1. The fraction of sp³-hybridized carbons (Fsp3) is 1.00. The lowest BCUT2D eigenvalue weighted by molar-refractivity contribution is 0.166. The van der Waals surface area contributed by atoms with Gasteiger partial charge in [-0.2, -0.15) is 0 Å². The Balaban J connectivity index is 3.81. The molecule has 0 aliphatic heterocycles. The molecule has 6 heteroatoms. The lowest BCUT2D eigenvalue weighted by Crippen LogP contribution is -2.05. The molecule has 0 bridgehead atoms. The minimum Gasteiger partial charge on any atom is -0.396 e. The topological polar surface area (TPSA) is 55.8 Å². The van der Waals surface area contributed by atoms with Crippen molar-refractivity contribution < 1.29 is 18.7 Å². The second-order valence-electron chi connectivity index (χ2n) is 3.15. The van der Waals surface area contributed by atoms with E-state index in [2.05, 4.69) is 0 Å². The smallest absolute Gasteiger partial charge is 0.345 e. The Kier molecular flexibility index (Phi) is 7.88. The first-order chi connectivity index (χ1) is 6.54. The lowest BCUT2D eigenvalue weighted by Gasteiger charge is -2.18. The van der Waals surface area contributed by atoms with Gasteiger partial charge in [-0.15, -0.1) is 11.6 Å². The molecule has 0 aromatic rings. The van der Waals surface area contributed by atoms with E-state index in [0.717, 1.165) is 0 Å². The Morgan fingerprint density at radius 3 is 2.50 bits per heavy atom. The van der Waals surface area contributed by atoms with Gasteiger partial charge in [0.2, 0.25) is 0 Å². The summed E-state index contributed by atoms with van der Waals surface area (Å²) in [7, 11) is -3.11. The molecule has 14 heavy (non-hydrogen) atoms. The van der Waals surface area contributed by atoms with Crippen molar-refractivity contribution in [2.75, 3.05) is 18.8 Å². The molecular weight excluding hydrogens is 227 g/mol. The molecule has 1 N–H and O–H groups in total. The van der Waals surface area contributed by atoms with E-state index in [1.54, 1.807) is 13.8 Å². The van der Waals surface area contributed by atoms with E-state index in [0.29, 0.717) is 19.4 Å². The van der Waals surface area contributed by atoms with Gasteiger partial charge >= 0.3 is 7.60 Å². The molecule has 1 atom stereocenters. The zero-order valence-corrected chi connectivity index (χ0v) is 10.3. The minimum atomic E-state index is -3.11. The number of halogens is 1. The van der Waals surface area contributed by atoms with Crippen LogP contribution in [0.15, 0.2) is 0 Å². The molecule has 0 aliphatic rings. The largest absolute Gasteiger partial charge is 0.396 e. The van der Waals surface area contributed by atoms with Gasteiger partial charge < -0.3 is 14.2 Å². The van der Waals surface area contributed by atoms with Gasteiger partial charge in [-0.05, 0) is 26.7 Å². The van der Waals surface area contributed by atoms with E-state index < -0.39 is 7.60 Å². The summed E-state index contributed by atoms with van der Waals surface area (Å²) >= 11 is 5.50. The molecule has 0 aromatic heterocycles. The third kappa shape index (κ3) is 6.80. The maximum Gasteiger partial charge on any atom is 0.345 e. The van der Waals surface area contributed by atoms with E-state index in [1.807, 2.05) is 0 Å². The van der Waals surface area contributed by atoms with Gasteiger partial charge in [0.1, 0.15) is 5.62 Å². The lowest BCUT2D eigenvalue weighted by atomic mass is 10.3. The summed E-state index contributed by atoms with van der Waals surface area (Å²) in [5.74, 6) is 0. The maximum absolute atomic E-state index is 11.7. The molecule has 0 aliphatic carbocycles. The first-order valence-electron chi connectivity index (χ1n) is 4.63. The maximum atomic E-state index is 11.7. The van der Waals surface area contributed by atoms with Crippen molar-refractivity contribution in [2.24, 2.45) is 0 Å². The van der Waals surface area contributed by atoms with Crippen LogP contribution in [0, 0.1) is 0 Å². The fourth-order valence-corrected chi connectivity index (χ4v) is 2.44. The third-order valence-corrected chi connectivity index (χ3v) is 3.85. The van der Waals surface area contributed by atoms with E-state index in [-0.39, 0.29) is 18.3 Å². The molecular formula is C8H18ClO4P. The van der Waals surface area contributed by atoms with Crippen molar-refractivity contribution in [3.05, 3.63) is 0 Å². The SMILES string of the molecule is CC(C)OP(=O)(CCl)OCCCCO. The normalized spacial score (nSPS) is 15.8. The van der Waals surface area contributed by atoms with Gasteiger partial charge in [-0.3, -0.25) is 4.57 Å². The van der Waals surface area contributed by atoms with Crippen LogP contribution in [0.2, 0.25) is 0 Å². The minimum absolute atomic E-state index is 0.111. The number of aliphatic hydroxyl groups is 1. The Morgan fingerprint density at radius 1 is 1.43 bits per heavy atom. The highest BCUT2D eigenvalue weighted by atomic mass is 35.5. The van der Waals surface area contributed by atoms with Crippen molar-refractivity contribution >= 4 is 19.2 Å². The van der Waals surface area contributed by atoms with E-state index in [9.17, 15) is 4.57 Å². The summed E-state index contributed by atoms with van der Waals surface area (Å²) in [6, 6.07) is 0. The molecule has 1 unspecified atom stereocenters. The van der Waals surface area contributed by atoms with Gasteiger partial charge in [0, 0.05) is 6.61 Å². The van der Waals surface area contributed by atoms with Crippen LogP contribution < -0.4 is 0 Å². The summed E-state index contributed by atoms with van der Waals surface area (Å²) in [6.07, 6.45) is 1.11. The number of alkyl halides is 1. The van der Waals surface area contributed by atoms with Crippen LogP contribution >= 0.6 is 19.2 Å². The predicted octanol–water partition coefficient (Wildman–Crippen LogP) is 2.59. The first kappa shape index (κ1) is 14.4. The van der Waals surface area contributed by atoms with E-state index >= 15 is 0 Å². The molecule has 4 nitrogen and oxygen atoms in total. The highest BCUT2D eigenvalue weighted by Crippen LogP contribution is 2.50. The third-order valence-electron chi connectivity index (χ3n) is 1.36. The van der Waals surface area contributed by atoms with Crippen LogP contribution in [-0.4, -0.2) is 30.0 Å². The van der Waals surface area contributed by atoms with Crippen molar-refractivity contribution in [2.45, 2.75) is 32.8 Å². The van der Waals surface area contributed by atoms with Crippen LogP contribution in [0.5, 0.6) is 0 Å². The highest BCUT2D eigenvalue weighted by molar-refractivity contribution is 7.55. The molecule has 0 radical (unpaired) electrons. The van der Waals surface area contributed by atoms with Gasteiger partial charge in [-0.1, -0.05) is 0 Å². The van der Waals surface area contributed by atoms with Gasteiger partial charge in [0.15, 0.2) is 0 Å².